The van der Waals surface area contributed by atoms with Crippen LogP contribution in [0.4, 0.5) is 5.69 Å². The van der Waals surface area contributed by atoms with E-state index in [0.717, 1.165) is 31.6 Å². The quantitative estimate of drug-likeness (QED) is 0.827. The molecule has 1 atom stereocenters. The van der Waals surface area contributed by atoms with Crippen LogP contribution < -0.4 is 10.6 Å². The molecule has 0 bridgehead atoms. The standard InChI is InChI=1S/C21H25N3O2.ClH/c1-15-6-5-7-17(12-15)20(25)23-19-9-4-3-8-18(19)21(26)24-11-10-16(14-24)13-22-2;/h3-9,12,16,22H,10-11,13-14H2,1-2H3,(H,23,25);1H. The van der Waals surface area contributed by atoms with E-state index in [2.05, 4.69) is 10.6 Å². The van der Waals surface area contributed by atoms with Crippen LogP contribution in [-0.4, -0.2) is 43.4 Å². The lowest BCUT2D eigenvalue weighted by molar-refractivity contribution is 0.0788. The predicted molar refractivity (Wildman–Crippen MR) is 111 cm³/mol. The van der Waals surface area contributed by atoms with Crippen LogP contribution >= 0.6 is 12.4 Å². The number of hydrogen-bond donors (Lipinski definition) is 2. The molecule has 2 aromatic rings. The van der Waals surface area contributed by atoms with Gasteiger partial charge in [-0.3, -0.25) is 9.59 Å². The van der Waals surface area contributed by atoms with Crippen LogP contribution in [0.25, 0.3) is 0 Å². The first kappa shape index (κ1) is 20.9. The van der Waals surface area contributed by atoms with Gasteiger partial charge in [-0.2, -0.15) is 0 Å². The second kappa shape index (κ2) is 9.53. The predicted octanol–water partition coefficient (Wildman–Crippen LogP) is 3.35. The van der Waals surface area contributed by atoms with Gasteiger partial charge in [0.2, 0.25) is 0 Å². The van der Waals surface area contributed by atoms with Crippen molar-refractivity contribution in [3.63, 3.8) is 0 Å². The molecule has 1 aliphatic heterocycles. The Hall–Kier alpha value is -2.37. The van der Waals surface area contributed by atoms with Crippen molar-refractivity contribution in [3.05, 3.63) is 65.2 Å². The summed E-state index contributed by atoms with van der Waals surface area (Å²) in [6.45, 7) is 4.36. The number of likely N-dealkylation sites (tertiary alicyclic amines) is 1. The number of amides is 2. The van der Waals surface area contributed by atoms with Crippen LogP contribution in [0.2, 0.25) is 0 Å². The number of carbonyl (C=O) groups is 2. The highest BCUT2D eigenvalue weighted by atomic mass is 35.5. The molecule has 2 N–H and O–H groups in total. The zero-order valence-corrected chi connectivity index (χ0v) is 16.5. The van der Waals surface area contributed by atoms with Gasteiger partial charge in [-0.15, -0.1) is 12.4 Å². The summed E-state index contributed by atoms with van der Waals surface area (Å²) in [5.74, 6) is 0.255. The van der Waals surface area contributed by atoms with Crippen molar-refractivity contribution in [2.24, 2.45) is 5.92 Å². The van der Waals surface area contributed by atoms with Crippen LogP contribution in [0.1, 0.15) is 32.7 Å². The highest BCUT2D eigenvalue weighted by molar-refractivity contribution is 6.09. The third-order valence-corrected chi connectivity index (χ3v) is 4.75. The van der Waals surface area contributed by atoms with Gasteiger partial charge in [-0.05, 0) is 57.1 Å². The van der Waals surface area contributed by atoms with Gasteiger partial charge in [-0.25, -0.2) is 0 Å². The first-order valence-electron chi connectivity index (χ1n) is 8.99. The number of hydrogen-bond acceptors (Lipinski definition) is 3. The molecular formula is C21H26ClN3O2. The Morgan fingerprint density at radius 2 is 1.93 bits per heavy atom. The number of halogens is 1. The van der Waals surface area contributed by atoms with Crippen molar-refractivity contribution in [1.82, 2.24) is 10.2 Å². The molecule has 0 aliphatic carbocycles. The SMILES string of the molecule is CNCC1CCN(C(=O)c2ccccc2NC(=O)c2cccc(C)c2)C1.Cl. The summed E-state index contributed by atoms with van der Waals surface area (Å²) in [5, 5.41) is 6.07. The van der Waals surface area contributed by atoms with Gasteiger partial charge in [0.05, 0.1) is 11.3 Å². The van der Waals surface area contributed by atoms with E-state index in [4.69, 9.17) is 0 Å². The summed E-state index contributed by atoms with van der Waals surface area (Å²) in [4.78, 5) is 27.4. The van der Waals surface area contributed by atoms with E-state index in [0.29, 0.717) is 22.7 Å². The van der Waals surface area contributed by atoms with Crippen molar-refractivity contribution < 1.29 is 9.59 Å². The van der Waals surface area contributed by atoms with E-state index in [9.17, 15) is 9.59 Å². The fraction of sp³-hybridized carbons (Fsp3) is 0.333. The smallest absolute Gasteiger partial charge is 0.255 e. The molecule has 0 aromatic heterocycles. The summed E-state index contributed by atoms with van der Waals surface area (Å²) in [5.41, 5.74) is 2.71. The lowest BCUT2D eigenvalue weighted by Crippen LogP contribution is -2.31. The molecular weight excluding hydrogens is 362 g/mol. The van der Waals surface area contributed by atoms with E-state index < -0.39 is 0 Å². The first-order valence-corrected chi connectivity index (χ1v) is 8.99. The number of nitrogens with zero attached hydrogens (tertiary/aromatic N) is 1. The van der Waals surface area contributed by atoms with E-state index in [1.165, 1.54) is 0 Å². The van der Waals surface area contributed by atoms with Gasteiger partial charge in [0, 0.05) is 18.7 Å². The maximum Gasteiger partial charge on any atom is 0.255 e. The molecule has 1 aliphatic rings. The molecule has 2 amide bonds. The highest BCUT2D eigenvalue weighted by Crippen LogP contribution is 2.23. The minimum absolute atomic E-state index is 0. The van der Waals surface area contributed by atoms with Crippen molar-refractivity contribution in [3.8, 4) is 0 Å². The number of benzene rings is 2. The Morgan fingerprint density at radius 1 is 1.15 bits per heavy atom. The van der Waals surface area contributed by atoms with Crippen LogP contribution in [0, 0.1) is 12.8 Å². The Labute approximate surface area is 166 Å². The summed E-state index contributed by atoms with van der Waals surface area (Å²) in [7, 11) is 1.93. The fourth-order valence-corrected chi connectivity index (χ4v) is 3.40. The van der Waals surface area contributed by atoms with Gasteiger partial charge in [0.25, 0.3) is 11.8 Å². The Bertz CT molecular complexity index is 810. The van der Waals surface area contributed by atoms with E-state index in [-0.39, 0.29) is 24.2 Å². The zero-order valence-electron chi connectivity index (χ0n) is 15.7. The van der Waals surface area contributed by atoms with Crippen LogP contribution in [-0.2, 0) is 0 Å². The number of rotatable bonds is 5. The molecule has 3 rings (SSSR count). The fourth-order valence-electron chi connectivity index (χ4n) is 3.40. The van der Waals surface area contributed by atoms with Crippen LogP contribution in [0.5, 0.6) is 0 Å². The van der Waals surface area contributed by atoms with E-state index in [1.807, 2.05) is 49.2 Å². The highest BCUT2D eigenvalue weighted by Gasteiger charge is 2.27. The molecule has 2 aromatic carbocycles. The largest absolute Gasteiger partial charge is 0.338 e. The lowest BCUT2D eigenvalue weighted by Gasteiger charge is -2.19. The summed E-state index contributed by atoms with van der Waals surface area (Å²) in [6.07, 6.45) is 1.00. The van der Waals surface area contributed by atoms with E-state index >= 15 is 0 Å². The third kappa shape index (κ3) is 5.08. The zero-order chi connectivity index (χ0) is 18.5. The average molecular weight is 388 g/mol. The summed E-state index contributed by atoms with van der Waals surface area (Å²) < 4.78 is 0. The van der Waals surface area contributed by atoms with Gasteiger partial charge in [-0.1, -0.05) is 29.8 Å². The lowest BCUT2D eigenvalue weighted by atomic mass is 10.1. The third-order valence-electron chi connectivity index (χ3n) is 4.75. The Kier molecular flexibility index (Phi) is 7.39. The Balaban J connectivity index is 0.00000261. The maximum atomic E-state index is 12.9. The van der Waals surface area contributed by atoms with Crippen molar-refractivity contribution in [2.75, 3.05) is 32.0 Å². The number of nitrogens with one attached hydrogen (secondary N) is 2. The summed E-state index contributed by atoms with van der Waals surface area (Å²) in [6, 6.07) is 14.6. The molecule has 1 saturated heterocycles. The molecule has 5 nitrogen and oxygen atoms in total. The first-order chi connectivity index (χ1) is 12.6. The summed E-state index contributed by atoms with van der Waals surface area (Å²) >= 11 is 0. The molecule has 27 heavy (non-hydrogen) atoms. The monoisotopic (exact) mass is 387 g/mol. The van der Waals surface area contributed by atoms with Gasteiger partial charge in [0.1, 0.15) is 0 Å². The second-order valence-corrected chi connectivity index (χ2v) is 6.83. The second-order valence-electron chi connectivity index (χ2n) is 6.83. The van der Waals surface area contributed by atoms with Gasteiger partial charge < -0.3 is 15.5 Å². The van der Waals surface area contributed by atoms with Gasteiger partial charge in [0.15, 0.2) is 0 Å². The minimum atomic E-state index is -0.205. The number of para-hydroxylation sites is 1. The topological polar surface area (TPSA) is 61.4 Å². The minimum Gasteiger partial charge on any atom is -0.338 e. The normalized spacial score (nSPS) is 15.9. The molecule has 6 heteroatoms. The van der Waals surface area contributed by atoms with Gasteiger partial charge >= 0.3 is 0 Å². The van der Waals surface area contributed by atoms with Crippen LogP contribution in [0.3, 0.4) is 0 Å². The molecule has 0 radical (unpaired) electrons. The number of aryl methyl sites for hydroxylation is 1. The number of carbonyl (C=O) groups excluding carboxylic acids is 2. The molecule has 144 valence electrons. The van der Waals surface area contributed by atoms with Crippen molar-refractivity contribution in [1.29, 1.82) is 0 Å². The Morgan fingerprint density at radius 3 is 2.67 bits per heavy atom. The molecule has 1 unspecified atom stereocenters. The van der Waals surface area contributed by atoms with Crippen molar-refractivity contribution >= 4 is 29.9 Å². The molecule has 1 fully saturated rings. The van der Waals surface area contributed by atoms with Crippen LogP contribution in [0.15, 0.2) is 48.5 Å². The average Bonchev–Trinajstić information content (AvgIpc) is 3.10. The van der Waals surface area contributed by atoms with Crippen molar-refractivity contribution in [2.45, 2.75) is 13.3 Å². The maximum absolute atomic E-state index is 12.9. The molecule has 1 heterocycles. The number of anilines is 1. The molecule has 0 saturated carbocycles. The molecule has 0 spiro atoms. The van der Waals surface area contributed by atoms with E-state index in [1.54, 1.807) is 18.2 Å².